The minimum absolute atomic E-state index is 0.117. The average Bonchev–Trinajstić information content (AvgIpc) is 3.02. The molecule has 0 radical (unpaired) electrons. The van der Waals surface area contributed by atoms with Gasteiger partial charge in [-0.05, 0) is 18.2 Å². The lowest BCUT2D eigenvalue weighted by Gasteiger charge is -2.03. The van der Waals surface area contributed by atoms with Gasteiger partial charge in [-0.2, -0.15) is 4.98 Å². The first-order chi connectivity index (χ1) is 11.1. The highest BCUT2D eigenvalue weighted by atomic mass is 35.5. The topological polar surface area (TPSA) is 65.2 Å². The van der Waals surface area contributed by atoms with E-state index in [1.165, 1.54) is 12.1 Å². The molecule has 3 rings (SSSR count). The van der Waals surface area contributed by atoms with Crippen LogP contribution in [-0.4, -0.2) is 16.1 Å². The zero-order valence-corrected chi connectivity index (χ0v) is 12.5. The van der Waals surface area contributed by atoms with Gasteiger partial charge in [-0.1, -0.05) is 47.1 Å². The summed E-state index contributed by atoms with van der Waals surface area (Å²) in [4.78, 5) is 15.9. The Morgan fingerprint density at radius 3 is 2.74 bits per heavy atom. The maximum absolute atomic E-state index is 13.6. The van der Waals surface area contributed by atoms with E-state index in [0.29, 0.717) is 5.82 Å². The van der Waals surface area contributed by atoms with Crippen LogP contribution in [0.2, 0.25) is 5.02 Å². The van der Waals surface area contributed by atoms with Crippen molar-refractivity contribution in [1.82, 2.24) is 10.1 Å². The van der Waals surface area contributed by atoms with Crippen molar-refractivity contribution in [3.8, 4) is 11.4 Å². The van der Waals surface area contributed by atoms with Crippen molar-refractivity contribution in [3.63, 3.8) is 0 Å². The van der Waals surface area contributed by atoms with E-state index in [-0.39, 0.29) is 23.1 Å². The Morgan fingerprint density at radius 2 is 2.00 bits per heavy atom. The summed E-state index contributed by atoms with van der Waals surface area (Å²) < 4.78 is 23.6. The summed E-state index contributed by atoms with van der Waals surface area (Å²) in [6.07, 6.45) is 0. The molecule has 0 saturated heterocycles. The lowest BCUT2D eigenvalue weighted by Crippen LogP contribution is -2.07. The Balaban J connectivity index is 1.67. The van der Waals surface area contributed by atoms with E-state index in [1.807, 2.05) is 30.3 Å². The van der Waals surface area contributed by atoms with Crippen LogP contribution in [0.3, 0.4) is 0 Å². The van der Waals surface area contributed by atoms with Crippen LogP contribution in [0.15, 0.2) is 53.1 Å². The summed E-state index contributed by atoms with van der Waals surface area (Å²) in [6.45, 7) is -0.249. The summed E-state index contributed by atoms with van der Waals surface area (Å²) in [5.41, 5.74) is 0.565. The van der Waals surface area contributed by atoms with E-state index in [4.69, 9.17) is 20.9 Å². The monoisotopic (exact) mass is 332 g/mol. The molecule has 0 aliphatic rings. The number of nitrogens with zero attached hydrogens (tertiary/aromatic N) is 2. The molecule has 0 aliphatic heterocycles. The fourth-order valence-electron chi connectivity index (χ4n) is 1.88. The third-order valence-corrected chi connectivity index (χ3v) is 3.21. The number of rotatable bonds is 4. The van der Waals surface area contributed by atoms with Crippen molar-refractivity contribution in [1.29, 1.82) is 0 Å². The van der Waals surface area contributed by atoms with E-state index in [1.54, 1.807) is 0 Å². The number of hydrogen-bond acceptors (Lipinski definition) is 5. The van der Waals surface area contributed by atoms with Crippen LogP contribution in [0.1, 0.15) is 16.2 Å². The molecule has 1 aromatic heterocycles. The van der Waals surface area contributed by atoms with Crippen molar-refractivity contribution in [2.24, 2.45) is 0 Å². The first-order valence-corrected chi connectivity index (χ1v) is 7.01. The molecule has 0 aliphatic carbocycles. The molecule has 0 fully saturated rings. The van der Waals surface area contributed by atoms with Crippen molar-refractivity contribution < 1.29 is 18.4 Å². The van der Waals surface area contributed by atoms with Crippen LogP contribution in [0, 0.1) is 5.82 Å². The molecule has 0 unspecified atom stereocenters. The molecular formula is C16H10ClFN2O3. The Kier molecular flexibility index (Phi) is 4.34. The highest BCUT2D eigenvalue weighted by Crippen LogP contribution is 2.17. The minimum Gasteiger partial charge on any atom is -0.452 e. The maximum Gasteiger partial charge on any atom is 0.341 e. The zero-order chi connectivity index (χ0) is 16.2. The van der Waals surface area contributed by atoms with Crippen LogP contribution < -0.4 is 0 Å². The van der Waals surface area contributed by atoms with Gasteiger partial charge < -0.3 is 9.26 Å². The van der Waals surface area contributed by atoms with Crippen LogP contribution in [0.25, 0.3) is 11.4 Å². The summed E-state index contributed by atoms with van der Waals surface area (Å²) >= 11 is 5.63. The van der Waals surface area contributed by atoms with Gasteiger partial charge in [0.2, 0.25) is 5.82 Å². The van der Waals surface area contributed by atoms with Crippen LogP contribution in [-0.2, 0) is 11.3 Å². The molecule has 0 amide bonds. The number of benzene rings is 2. The first-order valence-electron chi connectivity index (χ1n) is 6.63. The number of carbonyl (C=O) groups excluding carboxylic acids is 1. The molecule has 0 bridgehead atoms. The van der Waals surface area contributed by atoms with Crippen molar-refractivity contribution in [2.45, 2.75) is 6.61 Å². The van der Waals surface area contributed by atoms with Crippen LogP contribution in [0.5, 0.6) is 0 Å². The molecule has 0 atom stereocenters. The molecule has 0 spiro atoms. The quantitative estimate of drug-likeness (QED) is 0.678. The van der Waals surface area contributed by atoms with Gasteiger partial charge in [-0.3, -0.25) is 0 Å². The largest absolute Gasteiger partial charge is 0.452 e. The second-order valence-corrected chi connectivity index (χ2v) is 5.01. The van der Waals surface area contributed by atoms with Gasteiger partial charge in [0.25, 0.3) is 5.89 Å². The lowest BCUT2D eigenvalue weighted by molar-refractivity contribution is 0.0424. The van der Waals surface area contributed by atoms with Gasteiger partial charge in [0.05, 0.1) is 5.56 Å². The Bertz CT molecular complexity index is 836. The fourth-order valence-corrected chi connectivity index (χ4v) is 2.04. The summed E-state index contributed by atoms with van der Waals surface area (Å²) in [7, 11) is 0. The third-order valence-electron chi connectivity index (χ3n) is 2.98. The Morgan fingerprint density at radius 1 is 1.22 bits per heavy atom. The van der Waals surface area contributed by atoms with Crippen LogP contribution >= 0.6 is 11.6 Å². The molecule has 3 aromatic rings. The van der Waals surface area contributed by atoms with Gasteiger partial charge in [0.1, 0.15) is 5.82 Å². The maximum atomic E-state index is 13.6. The Hall–Kier alpha value is -2.73. The Labute approximate surface area is 135 Å². The number of aromatic nitrogens is 2. The molecule has 1 heterocycles. The summed E-state index contributed by atoms with van der Waals surface area (Å²) in [5, 5.41) is 3.99. The van der Waals surface area contributed by atoms with Crippen molar-refractivity contribution in [3.05, 3.63) is 70.8 Å². The summed E-state index contributed by atoms with van der Waals surface area (Å²) in [6, 6.07) is 12.9. The summed E-state index contributed by atoms with van der Waals surface area (Å²) in [5.74, 6) is -1.09. The van der Waals surface area contributed by atoms with Crippen molar-refractivity contribution >= 4 is 17.6 Å². The number of halogens is 2. The molecule has 116 valence electrons. The molecular weight excluding hydrogens is 323 g/mol. The lowest BCUT2D eigenvalue weighted by atomic mass is 10.2. The highest BCUT2D eigenvalue weighted by molar-refractivity contribution is 6.30. The molecule has 0 saturated carbocycles. The van der Waals surface area contributed by atoms with Gasteiger partial charge in [-0.25, -0.2) is 9.18 Å². The van der Waals surface area contributed by atoms with E-state index in [2.05, 4.69) is 10.1 Å². The third kappa shape index (κ3) is 3.54. The van der Waals surface area contributed by atoms with Crippen molar-refractivity contribution in [2.75, 3.05) is 0 Å². The van der Waals surface area contributed by atoms with Gasteiger partial charge in [-0.15, -0.1) is 0 Å². The van der Waals surface area contributed by atoms with E-state index in [9.17, 15) is 9.18 Å². The first kappa shape index (κ1) is 15.2. The number of ether oxygens (including phenoxy) is 1. The fraction of sp³-hybridized carbons (Fsp3) is 0.0625. The molecule has 0 N–H and O–H groups in total. The number of esters is 1. The predicted molar refractivity (Wildman–Crippen MR) is 80.3 cm³/mol. The second-order valence-electron chi connectivity index (χ2n) is 4.58. The molecule has 23 heavy (non-hydrogen) atoms. The minimum atomic E-state index is -0.835. The van der Waals surface area contributed by atoms with Crippen LogP contribution in [0.4, 0.5) is 4.39 Å². The number of hydrogen-bond donors (Lipinski definition) is 0. The normalized spacial score (nSPS) is 10.5. The smallest absolute Gasteiger partial charge is 0.341 e. The second kappa shape index (κ2) is 6.58. The predicted octanol–water partition coefficient (Wildman–Crippen LogP) is 3.89. The van der Waals surface area contributed by atoms with Gasteiger partial charge in [0.15, 0.2) is 6.61 Å². The van der Waals surface area contributed by atoms with Gasteiger partial charge >= 0.3 is 5.97 Å². The molecule has 7 heteroatoms. The SMILES string of the molecule is O=C(OCc1nc(-c2ccccc2)no1)c1ccc(Cl)cc1F. The van der Waals surface area contributed by atoms with Gasteiger partial charge in [0, 0.05) is 10.6 Å². The standard InChI is InChI=1S/C16H10ClFN2O3/c17-11-6-7-12(13(18)8-11)16(21)22-9-14-19-15(20-23-14)10-4-2-1-3-5-10/h1-8H,9H2. The number of carbonyl (C=O) groups is 1. The van der Waals surface area contributed by atoms with E-state index < -0.39 is 11.8 Å². The zero-order valence-electron chi connectivity index (χ0n) is 11.7. The average molecular weight is 333 g/mol. The molecule has 5 nitrogen and oxygen atoms in total. The van der Waals surface area contributed by atoms with E-state index in [0.717, 1.165) is 11.6 Å². The highest BCUT2D eigenvalue weighted by Gasteiger charge is 2.16. The van der Waals surface area contributed by atoms with E-state index >= 15 is 0 Å². The molecule has 2 aromatic carbocycles.